The van der Waals surface area contributed by atoms with E-state index in [4.69, 9.17) is 5.84 Å². The molecule has 2 heterocycles. The SMILES string of the molecule is Cc1cc(NC(=O)CSc2nnc(C(F)(F)F)n2N)n(-c2ccc(F)cc2)n1. The summed E-state index contributed by atoms with van der Waals surface area (Å²) in [5, 5.41) is 12.9. The lowest BCUT2D eigenvalue weighted by atomic mass is 10.3. The number of nitrogen functional groups attached to an aromatic ring is 1. The monoisotopic (exact) mass is 415 g/mol. The summed E-state index contributed by atoms with van der Waals surface area (Å²) in [4.78, 5) is 12.2. The van der Waals surface area contributed by atoms with Gasteiger partial charge in [0, 0.05) is 6.07 Å². The van der Waals surface area contributed by atoms with E-state index in [-0.39, 0.29) is 15.6 Å². The summed E-state index contributed by atoms with van der Waals surface area (Å²) in [7, 11) is 0. The number of aryl methyl sites for hydroxylation is 1. The van der Waals surface area contributed by atoms with Crippen LogP contribution in [0.2, 0.25) is 0 Å². The minimum absolute atomic E-state index is 0.259. The van der Waals surface area contributed by atoms with E-state index in [1.165, 1.54) is 28.9 Å². The van der Waals surface area contributed by atoms with Gasteiger partial charge in [0.05, 0.1) is 17.1 Å². The Labute approximate surface area is 159 Å². The van der Waals surface area contributed by atoms with Crippen LogP contribution in [0.3, 0.4) is 0 Å². The zero-order valence-corrected chi connectivity index (χ0v) is 15.1. The number of halogens is 4. The predicted octanol–water partition coefficient (Wildman–Crippen LogP) is 2.37. The molecule has 3 rings (SSSR count). The topological polar surface area (TPSA) is 104 Å². The van der Waals surface area contributed by atoms with Crippen molar-refractivity contribution in [2.45, 2.75) is 18.3 Å². The third kappa shape index (κ3) is 4.24. The van der Waals surface area contributed by atoms with E-state index >= 15 is 0 Å². The molecule has 0 aliphatic heterocycles. The maximum absolute atomic E-state index is 13.1. The number of thioether (sulfide) groups is 1. The predicted molar refractivity (Wildman–Crippen MR) is 92.8 cm³/mol. The van der Waals surface area contributed by atoms with Crippen LogP contribution in [0.5, 0.6) is 0 Å². The van der Waals surface area contributed by atoms with Crippen molar-refractivity contribution in [1.82, 2.24) is 24.7 Å². The molecular formula is C15H13F4N7OS. The van der Waals surface area contributed by atoms with Crippen LogP contribution >= 0.6 is 11.8 Å². The summed E-state index contributed by atoms with van der Waals surface area (Å²) in [6, 6.07) is 7.07. The minimum Gasteiger partial charge on any atom is -0.335 e. The summed E-state index contributed by atoms with van der Waals surface area (Å²) in [6.07, 6.45) is -4.75. The average Bonchev–Trinajstić information content (AvgIpc) is 3.16. The Morgan fingerprint density at radius 3 is 2.54 bits per heavy atom. The molecule has 1 amide bonds. The van der Waals surface area contributed by atoms with Crippen molar-refractivity contribution >= 4 is 23.5 Å². The molecule has 0 aliphatic rings. The lowest BCUT2D eigenvalue weighted by Gasteiger charge is -2.09. The number of benzene rings is 1. The third-order valence-corrected chi connectivity index (χ3v) is 4.36. The van der Waals surface area contributed by atoms with Crippen LogP contribution in [0.15, 0.2) is 35.5 Å². The van der Waals surface area contributed by atoms with Crippen LogP contribution < -0.4 is 11.2 Å². The summed E-state index contributed by atoms with van der Waals surface area (Å²) >= 11 is 0.695. The number of carbonyl (C=O) groups is 1. The summed E-state index contributed by atoms with van der Waals surface area (Å²) < 4.78 is 52.8. The van der Waals surface area contributed by atoms with E-state index in [9.17, 15) is 22.4 Å². The Kier molecular flexibility index (Phi) is 5.27. The normalized spacial score (nSPS) is 11.6. The quantitative estimate of drug-likeness (QED) is 0.377. The fraction of sp³-hybridized carbons (Fsp3) is 0.200. The Morgan fingerprint density at radius 1 is 1.25 bits per heavy atom. The zero-order valence-electron chi connectivity index (χ0n) is 14.2. The van der Waals surface area contributed by atoms with Gasteiger partial charge in [0.2, 0.25) is 11.1 Å². The molecule has 0 atom stereocenters. The Morgan fingerprint density at radius 2 is 1.93 bits per heavy atom. The number of hydrogen-bond acceptors (Lipinski definition) is 6. The number of carbonyl (C=O) groups excluding carboxylic acids is 1. The lowest BCUT2D eigenvalue weighted by molar-refractivity contribution is -0.146. The van der Waals surface area contributed by atoms with Gasteiger partial charge in [0.25, 0.3) is 5.82 Å². The zero-order chi connectivity index (χ0) is 20.5. The summed E-state index contributed by atoms with van der Waals surface area (Å²) in [5.74, 6) is 3.07. The number of rotatable bonds is 5. The van der Waals surface area contributed by atoms with Crippen molar-refractivity contribution in [3.63, 3.8) is 0 Å². The molecule has 0 unspecified atom stereocenters. The van der Waals surface area contributed by atoms with Gasteiger partial charge in [-0.1, -0.05) is 11.8 Å². The number of aromatic nitrogens is 5. The molecule has 0 bridgehead atoms. The van der Waals surface area contributed by atoms with Crippen LogP contribution in [0, 0.1) is 12.7 Å². The second-order valence-corrected chi connectivity index (χ2v) is 6.51. The number of alkyl halides is 3. The fourth-order valence-corrected chi connectivity index (χ4v) is 2.90. The van der Waals surface area contributed by atoms with Crippen molar-refractivity contribution in [2.24, 2.45) is 0 Å². The average molecular weight is 415 g/mol. The van der Waals surface area contributed by atoms with Crippen molar-refractivity contribution in [2.75, 3.05) is 16.9 Å². The molecule has 8 nitrogen and oxygen atoms in total. The molecule has 3 N–H and O–H groups in total. The number of hydrogen-bond donors (Lipinski definition) is 2. The Balaban J connectivity index is 1.69. The number of nitrogens with one attached hydrogen (secondary N) is 1. The summed E-state index contributed by atoms with van der Waals surface area (Å²) in [5.41, 5.74) is 1.12. The van der Waals surface area contributed by atoms with Gasteiger partial charge in [0.1, 0.15) is 11.6 Å². The Bertz CT molecular complexity index is 997. The maximum atomic E-state index is 13.1. The highest BCUT2D eigenvalue weighted by Crippen LogP contribution is 2.29. The van der Waals surface area contributed by atoms with Gasteiger partial charge in [0.15, 0.2) is 0 Å². The molecule has 0 saturated heterocycles. The molecule has 13 heteroatoms. The van der Waals surface area contributed by atoms with Crippen molar-refractivity contribution in [1.29, 1.82) is 0 Å². The number of anilines is 1. The molecule has 1 aromatic carbocycles. The van der Waals surface area contributed by atoms with E-state index in [0.717, 1.165) is 0 Å². The molecule has 0 spiro atoms. The van der Waals surface area contributed by atoms with Crippen LogP contribution in [0.4, 0.5) is 23.4 Å². The van der Waals surface area contributed by atoms with Crippen molar-refractivity contribution < 1.29 is 22.4 Å². The van der Waals surface area contributed by atoms with Gasteiger partial charge in [-0.2, -0.15) is 18.3 Å². The molecule has 0 fully saturated rings. The smallest absolute Gasteiger partial charge is 0.335 e. The van der Waals surface area contributed by atoms with Gasteiger partial charge < -0.3 is 11.2 Å². The van der Waals surface area contributed by atoms with Gasteiger partial charge in [-0.15, -0.1) is 10.2 Å². The number of amides is 1. The fourth-order valence-electron chi connectivity index (χ4n) is 2.25. The molecule has 28 heavy (non-hydrogen) atoms. The third-order valence-electron chi connectivity index (χ3n) is 3.42. The number of nitrogens with zero attached hydrogens (tertiary/aromatic N) is 5. The van der Waals surface area contributed by atoms with Crippen LogP contribution in [0.1, 0.15) is 11.5 Å². The van der Waals surface area contributed by atoms with Gasteiger partial charge in [-0.3, -0.25) is 4.79 Å². The first-order chi connectivity index (χ1) is 13.1. The number of nitrogens with two attached hydrogens (primary N) is 1. The standard InChI is InChI=1S/C15H13F4N7OS/c1-8-6-11(26(24-8)10-4-2-9(16)3-5-10)21-12(27)7-28-14-23-22-13(25(14)20)15(17,18)19/h2-6H,7,20H2,1H3,(H,21,27). The first-order valence-electron chi connectivity index (χ1n) is 7.68. The van der Waals surface area contributed by atoms with E-state index < -0.39 is 23.7 Å². The molecule has 2 aromatic heterocycles. The van der Waals surface area contributed by atoms with E-state index in [2.05, 4.69) is 20.6 Å². The van der Waals surface area contributed by atoms with E-state index in [1.54, 1.807) is 13.0 Å². The van der Waals surface area contributed by atoms with E-state index in [1.807, 2.05) is 0 Å². The molecule has 0 aliphatic carbocycles. The highest BCUT2D eigenvalue weighted by atomic mass is 32.2. The van der Waals surface area contributed by atoms with Gasteiger partial charge >= 0.3 is 6.18 Å². The molecule has 3 aromatic rings. The molecule has 0 saturated carbocycles. The summed E-state index contributed by atoms with van der Waals surface area (Å²) in [6.45, 7) is 1.71. The van der Waals surface area contributed by atoms with Crippen LogP contribution in [-0.2, 0) is 11.0 Å². The molecule has 148 valence electrons. The second-order valence-electron chi connectivity index (χ2n) is 5.57. The molecular weight excluding hydrogens is 402 g/mol. The maximum Gasteiger partial charge on any atom is 0.453 e. The van der Waals surface area contributed by atoms with Crippen molar-refractivity contribution in [3.05, 3.63) is 47.7 Å². The van der Waals surface area contributed by atoms with Crippen LogP contribution in [0.25, 0.3) is 5.69 Å². The molecule has 0 radical (unpaired) electrons. The van der Waals surface area contributed by atoms with Gasteiger partial charge in [-0.25, -0.2) is 13.7 Å². The van der Waals surface area contributed by atoms with Crippen molar-refractivity contribution in [3.8, 4) is 5.69 Å². The second kappa shape index (κ2) is 7.50. The first kappa shape index (κ1) is 19.7. The van der Waals surface area contributed by atoms with Gasteiger partial charge in [-0.05, 0) is 31.2 Å². The van der Waals surface area contributed by atoms with Crippen LogP contribution in [-0.4, -0.2) is 36.3 Å². The minimum atomic E-state index is -4.75. The largest absolute Gasteiger partial charge is 0.453 e. The highest BCUT2D eigenvalue weighted by Gasteiger charge is 2.38. The highest BCUT2D eigenvalue weighted by molar-refractivity contribution is 7.99. The Hall–Kier alpha value is -3.09. The lowest BCUT2D eigenvalue weighted by Crippen LogP contribution is -2.22. The first-order valence-corrected chi connectivity index (χ1v) is 8.66. The van der Waals surface area contributed by atoms with E-state index in [0.29, 0.717) is 29.0 Å².